The van der Waals surface area contributed by atoms with Crippen LogP contribution in [0.25, 0.3) is 5.52 Å². The monoisotopic (exact) mass is 456 g/mol. The van der Waals surface area contributed by atoms with E-state index in [1.54, 1.807) is 16.5 Å². The van der Waals surface area contributed by atoms with Gasteiger partial charge in [-0.25, -0.2) is 9.31 Å². The number of hydrogen-bond acceptors (Lipinski definition) is 5. The molecule has 32 heavy (non-hydrogen) atoms. The van der Waals surface area contributed by atoms with Gasteiger partial charge in [-0.3, -0.25) is 9.80 Å². The zero-order chi connectivity index (χ0) is 22.5. The molecule has 9 heteroatoms. The molecule has 1 aliphatic heterocycles. The lowest BCUT2D eigenvalue weighted by Crippen LogP contribution is -2.46. The van der Waals surface area contributed by atoms with E-state index in [9.17, 15) is 4.79 Å². The maximum Gasteiger partial charge on any atom is 0.320 e. The summed E-state index contributed by atoms with van der Waals surface area (Å²) in [6.07, 6.45) is 3.70. The fourth-order valence-electron chi connectivity index (χ4n) is 4.16. The lowest BCUT2D eigenvalue weighted by molar-refractivity contribution is 0.248. The fraction of sp³-hybridized carbons (Fsp3) is 0.391. The Balaban J connectivity index is 1.25. The summed E-state index contributed by atoms with van der Waals surface area (Å²) in [5.74, 6) is 1.33. The molecule has 0 spiro atoms. The minimum absolute atomic E-state index is 0.475. The number of ether oxygens (including phenoxy) is 1. The van der Waals surface area contributed by atoms with Gasteiger partial charge in [-0.2, -0.15) is 0 Å². The number of fused-ring (bicyclic) bond motifs is 1. The summed E-state index contributed by atoms with van der Waals surface area (Å²) in [4.78, 5) is 18.3. The zero-order valence-electron chi connectivity index (χ0n) is 18.3. The van der Waals surface area contributed by atoms with Gasteiger partial charge in [0, 0.05) is 45.0 Å². The molecule has 0 unspecified atom stereocenters. The molecule has 0 aliphatic carbocycles. The van der Waals surface area contributed by atoms with E-state index in [0.29, 0.717) is 17.4 Å². The molecular formula is C23H29ClN6O2. The van der Waals surface area contributed by atoms with E-state index in [4.69, 9.17) is 22.1 Å². The number of aromatic nitrogens is 2. The molecule has 4 rings (SSSR count). The number of methoxy groups -OCH3 is 1. The summed E-state index contributed by atoms with van der Waals surface area (Å²) in [6, 6.07) is 13.1. The number of carbonyl (C=O) groups excluding carboxylic acids is 1. The average molecular weight is 457 g/mol. The minimum Gasteiger partial charge on any atom is -0.493 e. The molecule has 2 N–H and O–H groups in total. The number of nitrogens with zero attached hydrogens (tertiary/aromatic N) is 5. The van der Waals surface area contributed by atoms with Gasteiger partial charge in [0.05, 0.1) is 23.3 Å². The number of amides is 2. The first-order valence-electron chi connectivity index (χ1n) is 10.9. The summed E-state index contributed by atoms with van der Waals surface area (Å²) >= 11 is 6.27. The Morgan fingerprint density at radius 2 is 1.97 bits per heavy atom. The van der Waals surface area contributed by atoms with Crippen LogP contribution in [0.3, 0.4) is 0 Å². The highest BCUT2D eigenvalue weighted by Gasteiger charge is 2.21. The number of pyridine rings is 1. The van der Waals surface area contributed by atoms with Crippen molar-refractivity contribution >= 4 is 34.7 Å². The zero-order valence-corrected chi connectivity index (χ0v) is 19.0. The molecular weight excluding hydrogens is 428 g/mol. The van der Waals surface area contributed by atoms with E-state index in [-0.39, 0.29) is 0 Å². The smallest absolute Gasteiger partial charge is 0.320 e. The van der Waals surface area contributed by atoms with Crippen LogP contribution in [0.15, 0.2) is 48.7 Å². The van der Waals surface area contributed by atoms with Crippen molar-refractivity contribution in [3.63, 3.8) is 0 Å². The van der Waals surface area contributed by atoms with Gasteiger partial charge in [-0.1, -0.05) is 23.7 Å². The van der Waals surface area contributed by atoms with Crippen LogP contribution in [0.2, 0.25) is 5.02 Å². The van der Waals surface area contributed by atoms with Crippen LogP contribution in [0.4, 0.5) is 16.3 Å². The lowest BCUT2D eigenvalue weighted by Gasteiger charge is -2.36. The van der Waals surface area contributed by atoms with Gasteiger partial charge in [-0.05, 0) is 43.7 Å². The Hall–Kier alpha value is -2.97. The molecule has 1 aliphatic rings. The van der Waals surface area contributed by atoms with Crippen LogP contribution in [0.5, 0.6) is 5.75 Å². The van der Waals surface area contributed by atoms with Crippen LogP contribution >= 0.6 is 11.6 Å². The van der Waals surface area contributed by atoms with Gasteiger partial charge in [0.1, 0.15) is 0 Å². The first-order valence-corrected chi connectivity index (χ1v) is 11.3. The van der Waals surface area contributed by atoms with Crippen molar-refractivity contribution in [3.8, 4) is 5.75 Å². The van der Waals surface area contributed by atoms with Crippen molar-refractivity contribution in [2.45, 2.75) is 12.8 Å². The van der Waals surface area contributed by atoms with E-state index in [1.165, 1.54) is 0 Å². The summed E-state index contributed by atoms with van der Waals surface area (Å²) < 4.78 is 7.25. The number of urea groups is 1. The van der Waals surface area contributed by atoms with Crippen LogP contribution in [0, 0.1) is 0 Å². The fourth-order valence-corrected chi connectivity index (χ4v) is 4.41. The highest BCUT2D eigenvalue weighted by molar-refractivity contribution is 6.32. The number of nitrogens with two attached hydrogens (primary N) is 1. The van der Waals surface area contributed by atoms with Gasteiger partial charge < -0.3 is 15.4 Å². The van der Waals surface area contributed by atoms with Gasteiger partial charge in [0.2, 0.25) is 0 Å². The standard InChI is InChI=1S/C23H29ClN6O2/c1-32-22-19(24)8-6-9-20(22)28-15-13-27(14-16-28)10-4-5-11-29(23(25)31)21-17-18-7-2-3-12-30(18)26-21/h2-3,6-9,12,17H,4-5,10-11,13-16H2,1H3,(H2,25,31). The van der Waals surface area contributed by atoms with E-state index in [1.807, 2.05) is 42.6 Å². The molecule has 0 bridgehead atoms. The van der Waals surface area contributed by atoms with Gasteiger partial charge in [-0.15, -0.1) is 5.10 Å². The van der Waals surface area contributed by atoms with Crippen molar-refractivity contribution in [1.82, 2.24) is 14.5 Å². The second kappa shape index (κ2) is 10.1. The molecule has 0 saturated carbocycles. The number of primary amides is 1. The third-order valence-electron chi connectivity index (χ3n) is 5.87. The Morgan fingerprint density at radius 1 is 1.16 bits per heavy atom. The Labute approximate surface area is 193 Å². The number of unbranched alkanes of at least 4 members (excludes halogenated alkanes) is 1. The second-order valence-electron chi connectivity index (χ2n) is 7.89. The quantitative estimate of drug-likeness (QED) is 0.525. The van der Waals surface area contributed by atoms with Crippen molar-refractivity contribution in [2.75, 3.05) is 56.2 Å². The average Bonchev–Trinajstić information content (AvgIpc) is 3.22. The number of rotatable bonds is 8. The van der Waals surface area contributed by atoms with Crippen LogP contribution < -0.4 is 20.3 Å². The maximum atomic E-state index is 12.0. The Morgan fingerprint density at radius 3 is 2.69 bits per heavy atom. The number of halogens is 1. The summed E-state index contributed by atoms with van der Waals surface area (Å²) in [7, 11) is 1.66. The molecule has 2 amide bonds. The topological polar surface area (TPSA) is 79.3 Å². The van der Waals surface area contributed by atoms with Crippen LogP contribution in [-0.4, -0.2) is 66.9 Å². The van der Waals surface area contributed by atoms with Gasteiger partial charge >= 0.3 is 6.03 Å². The van der Waals surface area contributed by atoms with Gasteiger partial charge in [0.25, 0.3) is 0 Å². The molecule has 0 atom stereocenters. The normalized spacial score (nSPS) is 14.6. The number of anilines is 2. The Kier molecular flexibility index (Phi) is 7.02. The highest BCUT2D eigenvalue weighted by atomic mass is 35.5. The first kappa shape index (κ1) is 22.2. The number of carbonyl (C=O) groups is 1. The molecule has 1 aromatic carbocycles. The first-order chi connectivity index (χ1) is 15.6. The molecule has 8 nitrogen and oxygen atoms in total. The predicted molar refractivity (Wildman–Crippen MR) is 128 cm³/mol. The molecule has 1 fully saturated rings. The lowest BCUT2D eigenvalue weighted by atomic mass is 10.2. The highest BCUT2D eigenvalue weighted by Crippen LogP contribution is 2.35. The number of benzene rings is 1. The maximum absolute atomic E-state index is 12.0. The SMILES string of the molecule is COc1c(Cl)cccc1N1CCN(CCCCN(C(N)=O)c2cc3ccccn3n2)CC1. The van der Waals surface area contributed by atoms with Crippen molar-refractivity contribution in [1.29, 1.82) is 0 Å². The molecule has 1 saturated heterocycles. The molecule has 0 radical (unpaired) electrons. The van der Waals surface area contributed by atoms with Crippen LogP contribution in [-0.2, 0) is 0 Å². The van der Waals surface area contributed by atoms with E-state index in [0.717, 1.165) is 62.5 Å². The van der Waals surface area contributed by atoms with Crippen molar-refractivity contribution < 1.29 is 9.53 Å². The minimum atomic E-state index is -0.475. The predicted octanol–water partition coefficient (Wildman–Crippen LogP) is 3.48. The van der Waals surface area contributed by atoms with Crippen molar-refractivity contribution in [3.05, 3.63) is 53.7 Å². The van der Waals surface area contributed by atoms with E-state index >= 15 is 0 Å². The molecule has 170 valence electrons. The number of piperazine rings is 1. The summed E-state index contributed by atoms with van der Waals surface area (Å²) in [6.45, 7) is 5.33. The third-order valence-corrected chi connectivity index (χ3v) is 6.17. The molecule has 3 heterocycles. The largest absolute Gasteiger partial charge is 0.493 e. The summed E-state index contributed by atoms with van der Waals surface area (Å²) in [5.41, 5.74) is 7.60. The third kappa shape index (κ3) is 4.92. The number of hydrogen-bond donors (Lipinski definition) is 1. The van der Waals surface area contributed by atoms with Gasteiger partial charge in [0.15, 0.2) is 11.6 Å². The molecule has 3 aromatic rings. The van der Waals surface area contributed by atoms with Crippen molar-refractivity contribution in [2.24, 2.45) is 5.73 Å². The molecule has 2 aromatic heterocycles. The number of para-hydroxylation sites is 1. The van der Waals surface area contributed by atoms with Crippen LogP contribution in [0.1, 0.15) is 12.8 Å². The summed E-state index contributed by atoms with van der Waals surface area (Å²) in [5, 5.41) is 5.10. The van der Waals surface area contributed by atoms with E-state index < -0.39 is 6.03 Å². The second-order valence-corrected chi connectivity index (χ2v) is 8.30. The van der Waals surface area contributed by atoms with E-state index in [2.05, 4.69) is 21.0 Å². The Bertz CT molecular complexity index is 1030.